The fraction of sp³-hybridized carbons (Fsp3) is 0.234. The molecule has 1 fully saturated rings. The Morgan fingerprint density at radius 1 is 0.396 bits per heavy atom. The van der Waals surface area contributed by atoms with Crippen molar-refractivity contribution in [3.63, 3.8) is 0 Å². The fourth-order valence-corrected chi connectivity index (χ4v) is 14.6. The van der Waals surface area contributed by atoms with Crippen molar-refractivity contribution in [1.29, 1.82) is 0 Å². The molecular weight excluding hydrogens is 690 g/mol. The summed E-state index contributed by atoms with van der Waals surface area (Å²) in [4.78, 5) is 0. The predicted octanol–water partition coefficient (Wildman–Crippen LogP) is 8.24. The van der Waals surface area contributed by atoms with Gasteiger partial charge in [0, 0.05) is 11.8 Å². The quantitative estimate of drug-likeness (QED) is 0.133. The number of benzene rings is 6. The molecule has 0 unspecified atom stereocenters. The number of methoxy groups -OCH3 is 4. The van der Waals surface area contributed by atoms with Crippen LogP contribution in [0.25, 0.3) is 0 Å². The van der Waals surface area contributed by atoms with E-state index in [9.17, 15) is 0 Å². The zero-order chi connectivity index (χ0) is 36.1. The lowest BCUT2D eigenvalue weighted by atomic mass is 9.55. The van der Waals surface area contributed by atoms with Crippen LogP contribution < -0.4 is 50.8 Å². The monoisotopic (exact) mass is 734 g/mol. The van der Waals surface area contributed by atoms with Crippen LogP contribution >= 0.6 is 15.8 Å². The molecule has 6 heteroatoms. The molecule has 53 heavy (non-hydrogen) atoms. The zero-order valence-electron chi connectivity index (χ0n) is 30.7. The molecule has 1 saturated carbocycles. The maximum Gasteiger partial charge on any atom is 0.118 e. The SMILES string of the molecule is COc1ccc(P(c2ccc(OC)cc2)c2cccc3c2C2c4c(cccc4P(c4ccc(OC)cc4)c4ccc(OC)cc4)C3[C@@H]3CCC[C@H]23)cc1. The first-order valence-corrected chi connectivity index (χ1v) is 21.2. The molecule has 10 rings (SSSR count). The van der Waals surface area contributed by atoms with Gasteiger partial charge in [-0.1, -0.05) is 91.3 Å². The van der Waals surface area contributed by atoms with Crippen molar-refractivity contribution in [3.8, 4) is 23.0 Å². The van der Waals surface area contributed by atoms with Gasteiger partial charge in [0.15, 0.2) is 0 Å². The van der Waals surface area contributed by atoms with Crippen molar-refractivity contribution < 1.29 is 18.9 Å². The molecule has 0 amide bonds. The fourth-order valence-electron chi connectivity index (χ4n) is 9.58. The molecule has 6 aromatic carbocycles. The first kappa shape index (κ1) is 34.2. The summed E-state index contributed by atoms with van der Waals surface area (Å²) in [7, 11) is 5.22. The highest BCUT2D eigenvalue weighted by Crippen LogP contribution is 2.64. The second-order valence-corrected chi connectivity index (χ2v) is 18.6. The highest BCUT2D eigenvalue weighted by Gasteiger charge is 2.53. The zero-order valence-corrected chi connectivity index (χ0v) is 32.4. The van der Waals surface area contributed by atoms with Crippen LogP contribution in [-0.2, 0) is 0 Å². The normalized spacial score (nSPS) is 19.4. The summed E-state index contributed by atoms with van der Waals surface area (Å²) in [6.07, 6.45) is 3.88. The largest absolute Gasteiger partial charge is 0.497 e. The lowest BCUT2D eigenvalue weighted by molar-refractivity contribution is 0.273. The maximum atomic E-state index is 5.62. The van der Waals surface area contributed by atoms with Gasteiger partial charge in [0.2, 0.25) is 0 Å². The molecule has 4 aliphatic rings. The minimum atomic E-state index is -0.872. The average Bonchev–Trinajstić information content (AvgIpc) is 3.73. The summed E-state index contributed by atoms with van der Waals surface area (Å²) in [5.41, 5.74) is 6.26. The first-order chi connectivity index (χ1) is 26.1. The summed E-state index contributed by atoms with van der Waals surface area (Å²) >= 11 is 0. The van der Waals surface area contributed by atoms with Crippen LogP contribution in [0, 0.1) is 11.8 Å². The lowest BCUT2D eigenvalue weighted by Gasteiger charge is -2.51. The molecule has 6 aromatic rings. The van der Waals surface area contributed by atoms with Gasteiger partial charge in [-0.2, -0.15) is 0 Å². The van der Waals surface area contributed by atoms with Gasteiger partial charge in [-0.25, -0.2) is 0 Å². The summed E-state index contributed by atoms with van der Waals surface area (Å²) in [6.45, 7) is 0. The third kappa shape index (κ3) is 5.83. The van der Waals surface area contributed by atoms with E-state index in [4.69, 9.17) is 18.9 Å². The second kappa shape index (κ2) is 14.3. The van der Waals surface area contributed by atoms with E-state index in [0.717, 1.165) is 23.0 Å². The minimum Gasteiger partial charge on any atom is -0.497 e. The van der Waals surface area contributed by atoms with E-state index < -0.39 is 15.8 Å². The third-order valence-corrected chi connectivity index (χ3v) is 16.8. The molecule has 266 valence electrons. The third-order valence-electron chi connectivity index (χ3n) is 11.8. The van der Waals surface area contributed by atoms with Crippen LogP contribution in [0.2, 0.25) is 0 Å². The van der Waals surface area contributed by atoms with Gasteiger partial charge in [-0.05, 0) is 143 Å². The molecule has 0 heterocycles. The lowest BCUT2D eigenvalue weighted by Crippen LogP contribution is -2.43. The summed E-state index contributed by atoms with van der Waals surface area (Å²) in [5, 5.41) is 8.28. The summed E-state index contributed by atoms with van der Waals surface area (Å²) < 4.78 is 22.5. The van der Waals surface area contributed by atoms with Crippen molar-refractivity contribution in [1.82, 2.24) is 0 Å². The highest BCUT2D eigenvalue weighted by atomic mass is 31.1. The van der Waals surface area contributed by atoms with Gasteiger partial charge in [0.05, 0.1) is 28.4 Å². The van der Waals surface area contributed by atoms with Crippen LogP contribution in [0.4, 0.5) is 0 Å². The van der Waals surface area contributed by atoms with Gasteiger partial charge < -0.3 is 18.9 Å². The van der Waals surface area contributed by atoms with Crippen LogP contribution in [-0.4, -0.2) is 28.4 Å². The van der Waals surface area contributed by atoms with E-state index in [1.807, 2.05) is 0 Å². The van der Waals surface area contributed by atoms with Gasteiger partial charge in [0.25, 0.3) is 0 Å². The number of hydrogen-bond acceptors (Lipinski definition) is 4. The molecule has 0 spiro atoms. The van der Waals surface area contributed by atoms with Gasteiger partial charge in [0.1, 0.15) is 23.0 Å². The Balaban J connectivity index is 1.28. The molecule has 0 radical (unpaired) electrons. The smallest absolute Gasteiger partial charge is 0.118 e. The van der Waals surface area contributed by atoms with Crippen LogP contribution in [0.1, 0.15) is 53.4 Å². The van der Waals surface area contributed by atoms with Crippen molar-refractivity contribution in [3.05, 3.63) is 156 Å². The van der Waals surface area contributed by atoms with E-state index in [-0.39, 0.29) is 0 Å². The van der Waals surface area contributed by atoms with Gasteiger partial charge in [-0.15, -0.1) is 0 Å². The molecule has 4 aliphatic carbocycles. The van der Waals surface area contributed by atoms with Crippen LogP contribution in [0.5, 0.6) is 23.0 Å². The van der Waals surface area contributed by atoms with Crippen LogP contribution in [0.15, 0.2) is 133 Å². The topological polar surface area (TPSA) is 36.9 Å². The maximum absolute atomic E-state index is 5.62. The Bertz CT molecular complexity index is 1990. The molecule has 0 aromatic heterocycles. The predicted molar refractivity (Wildman–Crippen MR) is 221 cm³/mol. The minimum absolute atomic E-state index is 0.327. The Morgan fingerprint density at radius 3 is 1.04 bits per heavy atom. The van der Waals surface area contributed by atoms with E-state index in [1.165, 1.54) is 51.1 Å². The highest BCUT2D eigenvalue weighted by molar-refractivity contribution is 7.80. The van der Waals surface area contributed by atoms with Crippen molar-refractivity contribution in [2.45, 2.75) is 31.1 Å². The van der Waals surface area contributed by atoms with Crippen molar-refractivity contribution in [2.24, 2.45) is 11.8 Å². The number of rotatable bonds is 10. The van der Waals surface area contributed by atoms with E-state index >= 15 is 0 Å². The molecule has 2 bridgehead atoms. The summed E-state index contributed by atoms with van der Waals surface area (Å²) in [5.74, 6) is 5.53. The average molecular weight is 735 g/mol. The Labute approximate surface area is 315 Å². The Kier molecular flexibility index (Phi) is 9.23. The van der Waals surface area contributed by atoms with Gasteiger partial charge >= 0.3 is 0 Å². The van der Waals surface area contributed by atoms with Crippen molar-refractivity contribution in [2.75, 3.05) is 28.4 Å². The molecule has 0 N–H and O–H groups in total. The van der Waals surface area contributed by atoms with E-state index in [0.29, 0.717) is 23.7 Å². The van der Waals surface area contributed by atoms with Gasteiger partial charge in [-0.3, -0.25) is 0 Å². The standard InChI is InChI=1S/C47H44O4P2/c1-48-30-14-22-34(23-15-30)52(35-24-16-31(49-2)17-25-35)42-12-6-10-40-44-38-8-5-9-39(38)47(45(40)42)46-41(44)11-7-13-43(46)53(36-26-18-32(50-3)19-27-36)37-28-20-33(51-4)21-29-37/h6-7,10-29,38-39,44,47H,5,8-9H2,1-4H3/t38-,39+,44?,47?/m1/s1. The Morgan fingerprint density at radius 2 is 0.717 bits per heavy atom. The van der Waals surface area contributed by atoms with E-state index in [1.54, 1.807) is 50.7 Å². The number of ether oxygens (including phenoxy) is 4. The van der Waals surface area contributed by atoms with E-state index in [2.05, 4.69) is 133 Å². The Hall–Kier alpha value is -4.62. The molecule has 0 aliphatic heterocycles. The summed E-state index contributed by atoms with van der Waals surface area (Å²) in [6, 6.07) is 49.7. The molecule has 4 nitrogen and oxygen atoms in total. The first-order valence-electron chi connectivity index (χ1n) is 18.5. The molecular formula is C47H44O4P2. The molecule has 0 saturated heterocycles. The second-order valence-electron chi connectivity index (χ2n) is 14.2. The number of hydrogen-bond donors (Lipinski definition) is 0. The molecule has 2 atom stereocenters. The van der Waals surface area contributed by atoms with Crippen molar-refractivity contribution >= 4 is 47.7 Å². The van der Waals surface area contributed by atoms with Crippen LogP contribution in [0.3, 0.4) is 0 Å².